The van der Waals surface area contributed by atoms with E-state index in [1.54, 1.807) is 18.2 Å². The van der Waals surface area contributed by atoms with Crippen molar-refractivity contribution in [3.05, 3.63) is 170 Å². The van der Waals surface area contributed by atoms with Crippen LogP contribution in [0.2, 0.25) is 0 Å². The number of aromatic hydroxyl groups is 3. The summed E-state index contributed by atoms with van der Waals surface area (Å²) in [6.45, 7) is 5.87. The standard InChI is InChI=1S/C43H38O6S/c1-26-14-31-22-33-16-27(2)18-35(41(33)45)24-37-20-30(29-10-6-4-7-11-29)21-38(43(37)49-50(47,48)39-12-8-5-9-13-39)25-36-19-28(3)17-34(42(36)46)23-32(15-26)40(31)44/h4-21,44-46H,22-25H2,1-3H3. The predicted molar refractivity (Wildman–Crippen MR) is 196 cm³/mol. The van der Waals surface area contributed by atoms with E-state index < -0.39 is 10.1 Å². The SMILES string of the molecule is Cc1cc2c(O)c(c1)Cc1cc(C)cc(c1O)Cc1cc(-c3ccccc3)cc(c1OS(=O)(=O)c1ccccc1)Cc1cc(C)cc(c1O)C2. The van der Waals surface area contributed by atoms with E-state index in [2.05, 4.69) is 0 Å². The minimum atomic E-state index is -4.27. The van der Waals surface area contributed by atoms with Gasteiger partial charge in [0.15, 0.2) is 0 Å². The number of fused-ring (bicyclic) bond motifs is 8. The van der Waals surface area contributed by atoms with E-state index in [0.29, 0.717) is 44.5 Å². The molecule has 0 aliphatic heterocycles. The number of benzene rings is 6. The zero-order chi connectivity index (χ0) is 35.2. The van der Waals surface area contributed by atoms with Gasteiger partial charge in [-0.05, 0) is 89.5 Å². The van der Waals surface area contributed by atoms with E-state index >= 15 is 0 Å². The molecule has 3 N–H and O–H groups in total. The van der Waals surface area contributed by atoms with Crippen molar-refractivity contribution in [3.8, 4) is 34.1 Å². The third-order valence-corrected chi connectivity index (χ3v) is 10.6. The highest BCUT2D eigenvalue weighted by Gasteiger charge is 2.25. The molecule has 0 atom stereocenters. The van der Waals surface area contributed by atoms with E-state index in [1.165, 1.54) is 12.1 Å². The maximum absolute atomic E-state index is 13.9. The zero-order valence-corrected chi connectivity index (χ0v) is 29.0. The second kappa shape index (κ2) is 13.1. The molecule has 0 unspecified atom stereocenters. The van der Waals surface area contributed by atoms with Gasteiger partial charge in [0.1, 0.15) is 27.9 Å². The summed E-state index contributed by atoms with van der Waals surface area (Å²) in [6.07, 6.45) is 0.855. The van der Waals surface area contributed by atoms with Gasteiger partial charge in [-0.3, -0.25) is 0 Å². The number of aryl methyl sites for hydroxylation is 3. The van der Waals surface area contributed by atoms with Crippen LogP contribution >= 0.6 is 0 Å². The Morgan fingerprint density at radius 2 is 0.800 bits per heavy atom. The lowest BCUT2D eigenvalue weighted by atomic mass is 9.88. The molecule has 0 aromatic heterocycles. The Kier molecular flexibility index (Phi) is 8.62. The molecule has 0 amide bonds. The summed E-state index contributed by atoms with van der Waals surface area (Å²) in [5, 5.41) is 35.1. The van der Waals surface area contributed by atoms with Crippen LogP contribution in [0.25, 0.3) is 11.1 Å². The molecule has 6 aromatic rings. The Bertz CT molecular complexity index is 2260. The van der Waals surface area contributed by atoms with Gasteiger partial charge >= 0.3 is 10.1 Å². The Morgan fingerprint density at radius 3 is 1.18 bits per heavy atom. The first kappa shape index (κ1) is 33.0. The number of rotatable bonds is 4. The van der Waals surface area contributed by atoms with Gasteiger partial charge in [-0.1, -0.05) is 102 Å². The zero-order valence-electron chi connectivity index (χ0n) is 28.2. The van der Waals surface area contributed by atoms with Gasteiger partial charge < -0.3 is 19.5 Å². The van der Waals surface area contributed by atoms with E-state index in [1.807, 2.05) is 99.6 Å². The molecule has 7 rings (SSSR count). The first-order chi connectivity index (χ1) is 23.9. The van der Waals surface area contributed by atoms with Crippen LogP contribution in [-0.4, -0.2) is 23.7 Å². The molecule has 1 aliphatic rings. The highest BCUT2D eigenvalue weighted by atomic mass is 32.2. The first-order valence-electron chi connectivity index (χ1n) is 16.6. The lowest BCUT2D eigenvalue weighted by molar-refractivity contribution is 0.453. The third kappa shape index (κ3) is 6.57. The van der Waals surface area contributed by atoms with Crippen molar-refractivity contribution < 1.29 is 27.9 Å². The van der Waals surface area contributed by atoms with Gasteiger partial charge in [-0.2, -0.15) is 8.42 Å². The molecule has 0 radical (unpaired) electrons. The fourth-order valence-corrected chi connectivity index (χ4v) is 8.12. The number of hydrogen-bond acceptors (Lipinski definition) is 6. The van der Waals surface area contributed by atoms with Crippen LogP contribution in [0.5, 0.6) is 23.0 Å². The van der Waals surface area contributed by atoms with Crippen molar-refractivity contribution in [3.63, 3.8) is 0 Å². The third-order valence-electron chi connectivity index (χ3n) is 9.33. The van der Waals surface area contributed by atoms with Gasteiger partial charge in [0.25, 0.3) is 0 Å². The van der Waals surface area contributed by atoms with Gasteiger partial charge in [0.2, 0.25) is 0 Å². The molecule has 0 saturated heterocycles. The van der Waals surface area contributed by atoms with Gasteiger partial charge in [-0.25, -0.2) is 0 Å². The molecule has 252 valence electrons. The van der Waals surface area contributed by atoms with Crippen molar-refractivity contribution >= 4 is 10.1 Å². The van der Waals surface area contributed by atoms with Gasteiger partial charge in [0.05, 0.1) is 0 Å². The number of hydrogen-bond donors (Lipinski definition) is 3. The smallest absolute Gasteiger partial charge is 0.339 e. The van der Waals surface area contributed by atoms with Crippen LogP contribution < -0.4 is 4.18 Å². The van der Waals surface area contributed by atoms with Crippen LogP contribution in [0.3, 0.4) is 0 Å². The largest absolute Gasteiger partial charge is 0.507 e. The topological polar surface area (TPSA) is 104 Å². The fourth-order valence-electron chi connectivity index (χ4n) is 7.10. The fraction of sp³-hybridized carbons (Fsp3) is 0.163. The quantitative estimate of drug-likeness (QED) is 0.160. The summed E-state index contributed by atoms with van der Waals surface area (Å²) in [5.41, 5.74) is 9.47. The molecule has 8 bridgehead atoms. The Morgan fingerprint density at radius 1 is 0.460 bits per heavy atom. The molecule has 0 spiro atoms. The lowest BCUT2D eigenvalue weighted by Gasteiger charge is -2.21. The van der Waals surface area contributed by atoms with E-state index in [9.17, 15) is 23.7 Å². The Hall–Kier alpha value is -5.53. The monoisotopic (exact) mass is 682 g/mol. The molecular weight excluding hydrogens is 645 g/mol. The maximum atomic E-state index is 13.9. The van der Waals surface area contributed by atoms with Crippen LogP contribution in [0.15, 0.2) is 114 Å². The van der Waals surface area contributed by atoms with Gasteiger partial charge in [-0.15, -0.1) is 0 Å². The molecule has 0 fully saturated rings. The van der Waals surface area contributed by atoms with Crippen molar-refractivity contribution in [2.24, 2.45) is 0 Å². The second-order valence-corrected chi connectivity index (χ2v) is 14.9. The molecular formula is C43H38O6S. The average molecular weight is 683 g/mol. The molecule has 0 saturated carbocycles. The molecule has 1 aliphatic carbocycles. The molecule has 50 heavy (non-hydrogen) atoms. The number of phenols is 3. The van der Waals surface area contributed by atoms with E-state index in [4.69, 9.17) is 4.18 Å². The van der Waals surface area contributed by atoms with Crippen molar-refractivity contribution in [2.45, 2.75) is 51.3 Å². The van der Waals surface area contributed by atoms with Crippen LogP contribution in [-0.2, 0) is 35.8 Å². The normalized spacial score (nSPS) is 12.8. The van der Waals surface area contributed by atoms with Crippen molar-refractivity contribution in [1.82, 2.24) is 0 Å². The molecule has 6 aromatic carbocycles. The van der Waals surface area contributed by atoms with Crippen LogP contribution in [0, 0.1) is 20.8 Å². The first-order valence-corrected chi connectivity index (χ1v) is 18.0. The second-order valence-electron chi connectivity index (χ2n) is 13.3. The van der Waals surface area contributed by atoms with Crippen molar-refractivity contribution in [1.29, 1.82) is 0 Å². The molecule has 0 heterocycles. The Balaban J connectivity index is 1.53. The minimum Gasteiger partial charge on any atom is -0.507 e. The summed E-state index contributed by atoms with van der Waals surface area (Å²) < 4.78 is 33.8. The highest BCUT2D eigenvalue weighted by molar-refractivity contribution is 7.87. The summed E-state index contributed by atoms with van der Waals surface area (Å²) in [5.74, 6) is 0.440. The highest BCUT2D eigenvalue weighted by Crippen LogP contribution is 2.41. The minimum absolute atomic E-state index is 0.0174. The van der Waals surface area contributed by atoms with Gasteiger partial charge in [0, 0.05) is 36.8 Å². The summed E-state index contributed by atoms with van der Waals surface area (Å²) >= 11 is 0. The summed E-state index contributed by atoms with van der Waals surface area (Å²) in [4.78, 5) is 0.0174. The van der Waals surface area contributed by atoms with Crippen LogP contribution in [0.4, 0.5) is 0 Å². The number of phenolic OH excluding ortho intramolecular Hbond substituents is 3. The predicted octanol–water partition coefficient (Wildman–Crippen LogP) is 8.84. The summed E-state index contributed by atoms with van der Waals surface area (Å²) in [6, 6.07) is 33.1. The lowest BCUT2D eigenvalue weighted by Crippen LogP contribution is -2.13. The average Bonchev–Trinajstić information content (AvgIpc) is 3.09. The Labute approximate surface area is 293 Å². The van der Waals surface area contributed by atoms with E-state index in [0.717, 1.165) is 27.8 Å². The van der Waals surface area contributed by atoms with Crippen molar-refractivity contribution in [2.75, 3.05) is 0 Å². The molecule has 7 heteroatoms. The summed E-state index contributed by atoms with van der Waals surface area (Å²) in [7, 11) is -4.27. The van der Waals surface area contributed by atoms with E-state index in [-0.39, 0.29) is 53.6 Å². The molecule has 6 nitrogen and oxygen atoms in total. The maximum Gasteiger partial charge on any atom is 0.339 e. The van der Waals surface area contributed by atoms with Crippen LogP contribution in [0.1, 0.15) is 61.2 Å².